The molecular weight excluding hydrogens is 274 g/mol. The van der Waals surface area contributed by atoms with Crippen LogP contribution in [0.25, 0.3) is 0 Å². The minimum absolute atomic E-state index is 0.142. The molecule has 0 radical (unpaired) electrons. The molecular formula is C13H17N5O3. The SMILES string of the molecule is CCc1nn(C)cc1C(=O)NC(Cc1cnc[nH]1)C(=O)O. The Kier molecular flexibility index (Phi) is 4.36. The van der Waals surface area contributed by atoms with Gasteiger partial charge in [0.2, 0.25) is 0 Å². The molecule has 0 bridgehead atoms. The Labute approximate surface area is 121 Å². The number of hydrogen-bond donors (Lipinski definition) is 3. The van der Waals surface area contributed by atoms with E-state index in [4.69, 9.17) is 0 Å². The average Bonchev–Trinajstić information content (AvgIpc) is 3.06. The van der Waals surface area contributed by atoms with Crippen molar-refractivity contribution in [2.45, 2.75) is 25.8 Å². The molecule has 0 aliphatic carbocycles. The first-order chi connectivity index (χ1) is 10.0. The van der Waals surface area contributed by atoms with Gasteiger partial charge in [0.15, 0.2) is 0 Å². The molecule has 0 aromatic carbocycles. The fourth-order valence-corrected chi connectivity index (χ4v) is 2.04. The molecule has 2 rings (SSSR count). The van der Waals surface area contributed by atoms with Crippen molar-refractivity contribution in [2.75, 3.05) is 0 Å². The van der Waals surface area contributed by atoms with E-state index in [1.807, 2.05) is 6.92 Å². The zero-order valence-corrected chi connectivity index (χ0v) is 11.8. The number of imidazole rings is 1. The molecule has 0 saturated carbocycles. The maximum absolute atomic E-state index is 12.2. The fraction of sp³-hybridized carbons (Fsp3) is 0.385. The predicted octanol–water partition coefficient (Wildman–Crippen LogP) is 0.131. The molecule has 8 heteroatoms. The van der Waals surface area contributed by atoms with Gasteiger partial charge in [0.1, 0.15) is 6.04 Å². The van der Waals surface area contributed by atoms with Crippen LogP contribution in [0.1, 0.15) is 28.7 Å². The summed E-state index contributed by atoms with van der Waals surface area (Å²) in [6, 6.07) is -1.03. The number of carbonyl (C=O) groups excluding carboxylic acids is 1. The Morgan fingerprint density at radius 2 is 2.29 bits per heavy atom. The predicted molar refractivity (Wildman–Crippen MR) is 73.8 cm³/mol. The van der Waals surface area contributed by atoms with Gasteiger partial charge in [-0.2, -0.15) is 5.10 Å². The van der Waals surface area contributed by atoms with Crippen LogP contribution in [0.2, 0.25) is 0 Å². The standard InChI is InChI=1S/C13H17N5O3/c1-3-10-9(6-18(2)17-10)12(19)16-11(13(20)21)4-8-5-14-7-15-8/h5-7,11H,3-4H2,1-2H3,(H,14,15)(H,16,19)(H,20,21). The first-order valence-electron chi connectivity index (χ1n) is 6.54. The Hall–Kier alpha value is -2.64. The van der Waals surface area contributed by atoms with E-state index in [2.05, 4.69) is 20.4 Å². The number of carbonyl (C=O) groups is 2. The van der Waals surface area contributed by atoms with Gasteiger partial charge >= 0.3 is 5.97 Å². The van der Waals surface area contributed by atoms with Gasteiger partial charge < -0.3 is 15.4 Å². The lowest BCUT2D eigenvalue weighted by Gasteiger charge is -2.13. The van der Waals surface area contributed by atoms with Gasteiger partial charge in [0.05, 0.1) is 17.6 Å². The molecule has 2 heterocycles. The number of aliphatic carboxylic acids is 1. The van der Waals surface area contributed by atoms with Crippen LogP contribution >= 0.6 is 0 Å². The molecule has 1 unspecified atom stereocenters. The zero-order chi connectivity index (χ0) is 15.4. The van der Waals surface area contributed by atoms with Crippen molar-refractivity contribution in [1.82, 2.24) is 25.1 Å². The van der Waals surface area contributed by atoms with E-state index < -0.39 is 17.9 Å². The van der Waals surface area contributed by atoms with Crippen molar-refractivity contribution in [3.8, 4) is 0 Å². The number of amides is 1. The number of rotatable bonds is 6. The number of aromatic amines is 1. The second-order valence-electron chi connectivity index (χ2n) is 4.66. The number of carboxylic acids is 1. The monoisotopic (exact) mass is 291 g/mol. The van der Waals surface area contributed by atoms with Crippen molar-refractivity contribution in [3.63, 3.8) is 0 Å². The van der Waals surface area contributed by atoms with Crippen LogP contribution in [0.5, 0.6) is 0 Å². The third-order valence-corrected chi connectivity index (χ3v) is 3.07. The Morgan fingerprint density at radius 3 is 2.86 bits per heavy atom. The lowest BCUT2D eigenvalue weighted by Crippen LogP contribution is -2.42. The van der Waals surface area contributed by atoms with Crippen molar-refractivity contribution in [2.24, 2.45) is 7.05 Å². The summed E-state index contributed by atoms with van der Waals surface area (Å²) >= 11 is 0. The van der Waals surface area contributed by atoms with Crippen LogP contribution in [-0.4, -0.2) is 42.8 Å². The molecule has 0 aliphatic rings. The third-order valence-electron chi connectivity index (χ3n) is 3.07. The van der Waals surface area contributed by atoms with Crippen molar-refractivity contribution >= 4 is 11.9 Å². The highest BCUT2D eigenvalue weighted by molar-refractivity contribution is 5.97. The van der Waals surface area contributed by atoms with Gasteiger partial charge in [-0.25, -0.2) is 9.78 Å². The maximum Gasteiger partial charge on any atom is 0.326 e. The van der Waals surface area contributed by atoms with Crippen LogP contribution in [-0.2, 0) is 24.7 Å². The summed E-state index contributed by atoms with van der Waals surface area (Å²) < 4.78 is 1.54. The van der Waals surface area contributed by atoms with E-state index in [0.29, 0.717) is 23.4 Å². The number of nitrogens with one attached hydrogen (secondary N) is 2. The summed E-state index contributed by atoms with van der Waals surface area (Å²) in [6.07, 6.45) is 5.32. The first-order valence-corrected chi connectivity index (χ1v) is 6.54. The lowest BCUT2D eigenvalue weighted by atomic mass is 10.1. The Bertz CT molecular complexity index is 632. The van der Waals surface area contributed by atoms with Crippen molar-refractivity contribution < 1.29 is 14.7 Å². The summed E-state index contributed by atoms with van der Waals surface area (Å²) in [5.74, 6) is -1.54. The van der Waals surface area contributed by atoms with Crippen LogP contribution < -0.4 is 5.32 Å². The molecule has 8 nitrogen and oxygen atoms in total. The highest BCUT2D eigenvalue weighted by Crippen LogP contribution is 2.08. The summed E-state index contributed by atoms with van der Waals surface area (Å²) in [4.78, 5) is 30.2. The number of aromatic nitrogens is 4. The number of hydrogen-bond acceptors (Lipinski definition) is 4. The van der Waals surface area contributed by atoms with Gasteiger partial charge in [0.25, 0.3) is 5.91 Å². The molecule has 2 aromatic rings. The first kappa shape index (κ1) is 14.8. The number of aryl methyl sites for hydroxylation is 2. The average molecular weight is 291 g/mol. The van der Waals surface area contributed by atoms with E-state index in [1.165, 1.54) is 12.5 Å². The van der Waals surface area contributed by atoms with Gasteiger partial charge in [-0.05, 0) is 6.42 Å². The summed E-state index contributed by atoms with van der Waals surface area (Å²) in [5.41, 5.74) is 1.68. The van der Waals surface area contributed by atoms with Crippen molar-refractivity contribution in [3.05, 3.63) is 35.7 Å². The zero-order valence-electron chi connectivity index (χ0n) is 11.8. The molecule has 1 atom stereocenters. The number of nitrogens with zero attached hydrogens (tertiary/aromatic N) is 3. The van der Waals surface area contributed by atoms with Crippen LogP contribution in [0.4, 0.5) is 0 Å². The smallest absolute Gasteiger partial charge is 0.326 e. The number of H-pyrrole nitrogens is 1. The number of carboxylic acid groups (broad SMARTS) is 1. The van der Waals surface area contributed by atoms with Crippen LogP contribution in [0.15, 0.2) is 18.7 Å². The van der Waals surface area contributed by atoms with E-state index in [0.717, 1.165) is 0 Å². The molecule has 3 N–H and O–H groups in total. The molecule has 0 fully saturated rings. The highest BCUT2D eigenvalue weighted by Gasteiger charge is 2.23. The summed E-state index contributed by atoms with van der Waals surface area (Å²) in [5, 5.41) is 15.9. The fourth-order valence-electron chi connectivity index (χ4n) is 2.04. The van der Waals surface area contributed by atoms with Gasteiger partial charge in [0, 0.05) is 31.6 Å². The Balaban J connectivity index is 2.12. The second kappa shape index (κ2) is 6.21. The van der Waals surface area contributed by atoms with Gasteiger partial charge in [-0.15, -0.1) is 0 Å². The van der Waals surface area contributed by atoms with Gasteiger partial charge in [-0.3, -0.25) is 9.48 Å². The van der Waals surface area contributed by atoms with Crippen LogP contribution in [0, 0.1) is 0 Å². The molecule has 0 aliphatic heterocycles. The molecule has 21 heavy (non-hydrogen) atoms. The normalized spacial score (nSPS) is 12.1. The van der Waals surface area contributed by atoms with Gasteiger partial charge in [-0.1, -0.05) is 6.92 Å². The molecule has 112 valence electrons. The third kappa shape index (κ3) is 3.47. The molecule has 1 amide bonds. The largest absolute Gasteiger partial charge is 0.480 e. The lowest BCUT2D eigenvalue weighted by molar-refractivity contribution is -0.139. The topological polar surface area (TPSA) is 113 Å². The summed E-state index contributed by atoms with van der Waals surface area (Å²) in [7, 11) is 1.72. The quantitative estimate of drug-likeness (QED) is 0.700. The van der Waals surface area contributed by atoms with E-state index in [1.54, 1.807) is 17.9 Å². The molecule has 0 spiro atoms. The Morgan fingerprint density at radius 1 is 1.52 bits per heavy atom. The molecule has 2 aromatic heterocycles. The highest BCUT2D eigenvalue weighted by atomic mass is 16.4. The van der Waals surface area contributed by atoms with E-state index in [-0.39, 0.29) is 6.42 Å². The molecule has 0 saturated heterocycles. The van der Waals surface area contributed by atoms with Crippen LogP contribution in [0.3, 0.4) is 0 Å². The van der Waals surface area contributed by atoms with E-state index in [9.17, 15) is 14.7 Å². The minimum atomic E-state index is -1.10. The van der Waals surface area contributed by atoms with Crippen molar-refractivity contribution in [1.29, 1.82) is 0 Å². The summed E-state index contributed by atoms with van der Waals surface area (Å²) in [6.45, 7) is 1.89. The second-order valence-corrected chi connectivity index (χ2v) is 4.66. The van der Waals surface area contributed by atoms with E-state index >= 15 is 0 Å². The minimum Gasteiger partial charge on any atom is -0.480 e. The maximum atomic E-state index is 12.2.